The molecule has 1 N–H and O–H groups in total. The van der Waals surface area contributed by atoms with E-state index in [-0.39, 0.29) is 18.0 Å². The summed E-state index contributed by atoms with van der Waals surface area (Å²) in [5.41, 5.74) is 3.51. The minimum Gasteiger partial charge on any atom is -0.467 e. The van der Waals surface area contributed by atoms with Crippen LogP contribution in [-0.2, 0) is 17.8 Å². The number of fused-ring (bicyclic) bond motifs is 4. The van der Waals surface area contributed by atoms with Crippen molar-refractivity contribution in [2.45, 2.75) is 32.0 Å². The quantitative estimate of drug-likeness (QED) is 0.719. The van der Waals surface area contributed by atoms with Crippen molar-refractivity contribution in [3.63, 3.8) is 0 Å². The number of carbonyl (C=O) groups is 1. The normalized spacial score (nSPS) is 22.6. The Kier molecular flexibility index (Phi) is 3.06. The second-order valence-corrected chi connectivity index (χ2v) is 7.02. The molecule has 2 aromatic heterocycles. The molecule has 0 radical (unpaired) electrons. The topological polar surface area (TPSA) is 52.5 Å². The molecule has 0 unspecified atom stereocenters. The smallest absolute Gasteiger partial charge is 0.252 e. The molecule has 1 saturated heterocycles. The molecule has 25 heavy (non-hydrogen) atoms. The second-order valence-electron chi connectivity index (χ2n) is 6.65. The number of hydrogen-bond acceptors (Lipinski definition) is 3. The first kappa shape index (κ1) is 14.7. The zero-order chi connectivity index (χ0) is 17.1. The molecule has 6 heteroatoms. The first-order valence-electron chi connectivity index (χ1n) is 8.40. The Labute approximate surface area is 150 Å². The fourth-order valence-electron chi connectivity index (χ4n) is 4.12. The van der Waals surface area contributed by atoms with Crippen LogP contribution in [0.3, 0.4) is 0 Å². The number of para-hydroxylation sites is 1. The van der Waals surface area contributed by atoms with E-state index in [9.17, 15) is 4.79 Å². The van der Waals surface area contributed by atoms with Gasteiger partial charge in [0.25, 0.3) is 5.91 Å². The molecular weight excluding hydrogens is 334 g/mol. The summed E-state index contributed by atoms with van der Waals surface area (Å²) in [5, 5.41) is 1.79. The van der Waals surface area contributed by atoms with Crippen LogP contribution in [0.25, 0.3) is 10.9 Å². The number of H-pyrrole nitrogens is 1. The Morgan fingerprint density at radius 1 is 1.28 bits per heavy atom. The minimum atomic E-state index is -0.232. The number of nitrogens with one attached hydrogen (secondary N) is 1. The number of nitrogens with zero attached hydrogens (tertiary/aromatic N) is 2. The highest BCUT2D eigenvalue weighted by Crippen LogP contribution is 2.40. The zero-order valence-corrected chi connectivity index (χ0v) is 14.5. The molecule has 1 aromatic carbocycles. The summed E-state index contributed by atoms with van der Waals surface area (Å²) in [6.07, 6.45) is 2.29. The van der Waals surface area contributed by atoms with Crippen LogP contribution in [0.4, 0.5) is 0 Å². The lowest BCUT2D eigenvalue weighted by molar-refractivity contribution is -0.129. The lowest BCUT2D eigenvalue weighted by Gasteiger charge is -2.34. The highest BCUT2D eigenvalue weighted by Gasteiger charge is 2.48. The number of rotatable bonds is 2. The molecule has 2 aliphatic rings. The molecule has 2 atom stereocenters. The third-order valence-corrected chi connectivity index (χ3v) is 5.74. The summed E-state index contributed by atoms with van der Waals surface area (Å²) in [6, 6.07) is 11.8. The van der Waals surface area contributed by atoms with E-state index in [1.807, 2.05) is 24.3 Å². The van der Waals surface area contributed by atoms with E-state index in [1.54, 1.807) is 11.2 Å². The van der Waals surface area contributed by atoms with Gasteiger partial charge in [-0.3, -0.25) is 9.69 Å². The Morgan fingerprint density at radius 2 is 2.12 bits per heavy atom. The Morgan fingerprint density at radius 3 is 2.92 bits per heavy atom. The molecule has 2 aliphatic heterocycles. The Bertz CT molecular complexity index is 991. The average Bonchev–Trinajstić information content (AvgIpc) is 3.30. The van der Waals surface area contributed by atoms with E-state index in [0.717, 1.165) is 17.0 Å². The maximum atomic E-state index is 13.0. The largest absolute Gasteiger partial charge is 0.467 e. The predicted octanol–water partition coefficient (Wildman–Crippen LogP) is 3.38. The van der Waals surface area contributed by atoms with Crippen molar-refractivity contribution in [2.24, 2.45) is 0 Å². The molecule has 4 heterocycles. The van der Waals surface area contributed by atoms with Gasteiger partial charge in [-0.05, 0) is 42.9 Å². The van der Waals surface area contributed by atoms with Crippen molar-refractivity contribution in [2.75, 3.05) is 0 Å². The molecule has 126 valence electrons. The molecule has 1 amide bonds. The van der Waals surface area contributed by atoms with Crippen LogP contribution in [0.1, 0.15) is 30.0 Å². The van der Waals surface area contributed by atoms with Crippen LogP contribution < -0.4 is 0 Å². The molecular formula is C19H17N3O2S. The summed E-state index contributed by atoms with van der Waals surface area (Å²) < 4.78 is 5.40. The van der Waals surface area contributed by atoms with E-state index in [2.05, 4.69) is 28.9 Å². The van der Waals surface area contributed by atoms with Gasteiger partial charge in [0.1, 0.15) is 11.8 Å². The van der Waals surface area contributed by atoms with Crippen LogP contribution in [0.15, 0.2) is 47.1 Å². The second kappa shape index (κ2) is 5.20. The van der Waals surface area contributed by atoms with Crippen LogP contribution in [0.5, 0.6) is 0 Å². The SMILES string of the molecule is C[C@@H]1c2[nH]c3ccccc3c2C[C@H]2C(=O)N(Cc3ccco3)C(=S)N12. The van der Waals surface area contributed by atoms with Gasteiger partial charge in [-0.25, -0.2) is 0 Å². The first-order chi connectivity index (χ1) is 12.1. The van der Waals surface area contributed by atoms with E-state index in [0.29, 0.717) is 18.1 Å². The van der Waals surface area contributed by atoms with Crippen LogP contribution in [0, 0.1) is 0 Å². The number of aromatic amines is 1. The number of carbonyl (C=O) groups excluding carboxylic acids is 1. The van der Waals surface area contributed by atoms with Gasteiger partial charge in [-0.15, -0.1) is 0 Å². The maximum Gasteiger partial charge on any atom is 0.252 e. The van der Waals surface area contributed by atoms with Gasteiger partial charge in [-0.2, -0.15) is 0 Å². The highest BCUT2D eigenvalue weighted by atomic mass is 32.1. The van der Waals surface area contributed by atoms with E-state index in [1.165, 1.54) is 10.9 Å². The summed E-state index contributed by atoms with van der Waals surface area (Å²) in [6.45, 7) is 2.50. The maximum absolute atomic E-state index is 13.0. The van der Waals surface area contributed by atoms with Crippen molar-refractivity contribution in [1.82, 2.24) is 14.8 Å². The molecule has 0 saturated carbocycles. The number of hydrogen-bond donors (Lipinski definition) is 1. The molecule has 3 aromatic rings. The van der Waals surface area contributed by atoms with Crippen molar-refractivity contribution >= 4 is 34.1 Å². The number of furan rings is 1. The first-order valence-corrected chi connectivity index (χ1v) is 8.81. The van der Waals surface area contributed by atoms with E-state index < -0.39 is 0 Å². The number of thiocarbonyl (C=S) groups is 1. The van der Waals surface area contributed by atoms with E-state index >= 15 is 0 Å². The van der Waals surface area contributed by atoms with Gasteiger partial charge in [-0.1, -0.05) is 18.2 Å². The highest BCUT2D eigenvalue weighted by molar-refractivity contribution is 7.80. The van der Waals surface area contributed by atoms with Crippen molar-refractivity contribution in [3.8, 4) is 0 Å². The summed E-state index contributed by atoms with van der Waals surface area (Å²) in [4.78, 5) is 20.3. The third-order valence-electron chi connectivity index (χ3n) is 5.31. The molecule has 0 spiro atoms. The number of aromatic nitrogens is 1. The van der Waals surface area contributed by atoms with Gasteiger partial charge < -0.3 is 14.3 Å². The van der Waals surface area contributed by atoms with Gasteiger partial charge >= 0.3 is 0 Å². The van der Waals surface area contributed by atoms with E-state index in [4.69, 9.17) is 16.6 Å². The van der Waals surface area contributed by atoms with Gasteiger partial charge in [0.15, 0.2) is 5.11 Å². The molecule has 5 nitrogen and oxygen atoms in total. The van der Waals surface area contributed by atoms with Crippen LogP contribution in [0.2, 0.25) is 0 Å². The number of benzene rings is 1. The van der Waals surface area contributed by atoms with Crippen molar-refractivity contribution < 1.29 is 9.21 Å². The van der Waals surface area contributed by atoms with Gasteiger partial charge in [0, 0.05) is 23.0 Å². The van der Waals surface area contributed by atoms with Crippen molar-refractivity contribution in [1.29, 1.82) is 0 Å². The molecule has 0 bridgehead atoms. The predicted molar refractivity (Wildman–Crippen MR) is 97.9 cm³/mol. The fraction of sp³-hybridized carbons (Fsp3) is 0.263. The molecule has 5 rings (SSSR count). The van der Waals surface area contributed by atoms with Crippen molar-refractivity contribution in [3.05, 3.63) is 59.7 Å². The van der Waals surface area contributed by atoms with Crippen LogP contribution >= 0.6 is 12.2 Å². The Hall–Kier alpha value is -2.60. The molecule has 0 aliphatic carbocycles. The van der Waals surface area contributed by atoms with Gasteiger partial charge in [0.05, 0.1) is 18.8 Å². The lowest BCUT2D eigenvalue weighted by atomic mass is 9.93. The molecule has 1 fully saturated rings. The van der Waals surface area contributed by atoms with Gasteiger partial charge in [0.2, 0.25) is 0 Å². The van der Waals surface area contributed by atoms with Crippen LogP contribution in [-0.4, -0.2) is 31.8 Å². The summed E-state index contributed by atoms with van der Waals surface area (Å²) in [7, 11) is 0. The lowest BCUT2D eigenvalue weighted by Crippen LogP contribution is -2.42. The Balaban J connectivity index is 1.55. The fourth-order valence-corrected chi connectivity index (χ4v) is 4.56. The minimum absolute atomic E-state index is 0.0409. The summed E-state index contributed by atoms with van der Waals surface area (Å²) >= 11 is 5.65. The standard InChI is InChI=1S/C19H17N3O2S/c1-11-17-14(13-6-2-3-7-15(13)20-17)9-16-18(23)21(19(25)22(11)16)10-12-5-4-8-24-12/h2-8,11,16,20H,9-10H2,1H3/t11-,16+/m1/s1. The summed E-state index contributed by atoms with van der Waals surface area (Å²) in [5.74, 6) is 0.802. The third kappa shape index (κ3) is 2.00. The average molecular weight is 351 g/mol. The monoisotopic (exact) mass is 351 g/mol. The zero-order valence-electron chi connectivity index (χ0n) is 13.7. The number of amides is 1.